The van der Waals surface area contributed by atoms with Gasteiger partial charge in [0.2, 0.25) is 0 Å². The molecule has 0 radical (unpaired) electrons. The Morgan fingerprint density at radius 3 is 2.72 bits per heavy atom. The Bertz CT molecular complexity index is 505. The summed E-state index contributed by atoms with van der Waals surface area (Å²) in [6, 6.07) is 2.79. The van der Waals surface area contributed by atoms with E-state index in [0.29, 0.717) is 15.7 Å². The number of nitrogens with one attached hydrogen (secondary N) is 1. The van der Waals surface area contributed by atoms with Crippen molar-refractivity contribution in [2.24, 2.45) is 0 Å². The fourth-order valence-corrected chi connectivity index (χ4v) is 2.31. The van der Waals surface area contributed by atoms with Gasteiger partial charge in [0, 0.05) is 10.0 Å². The molecule has 0 aliphatic carbocycles. The van der Waals surface area contributed by atoms with E-state index in [1.165, 1.54) is 12.1 Å². The minimum atomic E-state index is -2.91. The van der Waals surface area contributed by atoms with Crippen molar-refractivity contribution in [3.8, 4) is 5.75 Å². The van der Waals surface area contributed by atoms with E-state index in [2.05, 4.69) is 26.0 Å². The Hall–Kier alpha value is -1.37. The van der Waals surface area contributed by atoms with Gasteiger partial charge in [-0.25, -0.2) is 4.79 Å². The van der Waals surface area contributed by atoms with Crippen LogP contribution in [-0.2, 0) is 10.3 Å². The van der Waals surface area contributed by atoms with Crippen LogP contribution in [0.15, 0.2) is 16.6 Å². The van der Waals surface area contributed by atoms with Gasteiger partial charge in [0.05, 0.1) is 5.69 Å². The van der Waals surface area contributed by atoms with Crippen molar-refractivity contribution in [3.05, 3.63) is 22.2 Å². The zero-order valence-electron chi connectivity index (χ0n) is 9.59. The van der Waals surface area contributed by atoms with Gasteiger partial charge in [-0.05, 0) is 41.9 Å². The van der Waals surface area contributed by atoms with E-state index in [0.717, 1.165) is 0 Å². The predicted octanol–water partition coefficient (Wildman–Crippen LogP) is 3.85. The number of anilines is 1. The Kier molecular flexibility index (Phi) is 3.18. The van der Waals surface area contributed by atoms with Crippen LogP contribution in [0.25, 0.3) is 0 Å². The van der Waals surface area contributed by atoms with Gasteiger partial charge in [-0.1, -0.05) is 0 Å². The summed E-state index contributed by atoms with van der Waals surface area (Å²) < 4.78 is 34.3. The third-order valence-electron chi connectivity index (χ3n) is 2.51. The van der Waals surface area contributed by atoms with Crippen LogP contribution in [0, 0.1) is 0 Å². The number of carbonyl (C=O) groups is 1. The van der Waals surface area contributed by atoms with Gasteiger partial charge in [-0.2, -0.15) is 8.78 Å². The molecule has 1 aliphatic rings. The number of amides is 1. The molecule has 0 saturated heterocycles. The second-order valence-electron chi connectivity index (χ2n) is 4.23. The Labute approximate surface area is 110 Å². The normalized spacial score (nSPS) is 16.9. The predicted molar refractivity (Wildman–Crippen MR) is 63.9 cm³/mol. The summed E-state index contributed by atoms with van der Waals surface area (Å²) in [7, 11) is 0. The summed E-state index contributed by atoms with van der Waals surface area (Å²) >= 11 is 3.21. The molecule has 1 aromatic rings. The van der Waals surface area contributed by atoms with Crippen LogP contribution >= 0.6 is 15.9 Å². The molecule has 0 bridgehead atoms. The number of carbonyl (C=O) groups excluding carboxylic acids is 1. The molecule has 1 heterocycles. The molecule has 2 rings (SSSR count). The summed E-state index contributed by atoms with van der Waals surface area (Å²) in [5.74, 6) is 0.00319. The van der Waals surface area contributed by atoms with Crippen molar-refractivity contribution in [2.75, 3.05) is 5.32 Å². The highest BCUT2D eigenvalue weighted by atomic mass is 79.9. The maximum atomic E-state index is 12.2. The number of fused-ring (bicyclic) bond motifs is 1. The van der Waals surface area contributed by atoms with E-state index in [4.69, 9.17) is 4.74 Å². The van der Waals surface area contributed by atoms with E-state index in [1.54, 1.807) is 13.8 Å². The van der Waals surface area contributed by atoms with Gasteiger partial charge in [-0.3, -0.25) is 5.32 Å². The Morgan fingerprint density at radius 2 is 2.11 bits per heavy atom. The van der Waals surface area contributed by atoms with E-state index >= 15 is 0 Å². The Balaban J connectivity index is 2.51. The average Bonchev–Trinajstić information content (AvgIpc) is 2.18. The maximum Gasteiger partial charge on any atom is 0.412 e. The van der Waals surface area contributed by atoms with E-state index in [-0.39, 0.29) is 5.75 Å². The lowest BCUT2D eigenvalue weighted by atomic mass is 9.94. The zero-order chi connectivity index (χ0) is 13.5. The van der Waals surface area contributed by atoms with Gasteiger partial charge in [0.1, 0.15) is 11.4 Å². The number of hydrogen-bond acceptors (Lipinski definition) is 3. The van der Waals surface area contributed by atoms with Gasteiger partial charge in [0.25, 0.3) is 0 Å². The monoisotopic (exact) mass is 321 g/mol. The van der Waals surface area contributed by atoms with Gasteiger partial charge in [-0.15, -0.1) is 0 Å². The minimum Gasteiger partial charge on any atom is -0.438 e. The molecule has 1 aliphatic heterocycles. The second kappa shape index (κ2) is 4.38. The van der Waals surface area contributed by atoms with Crippen LogP contribution in [0.3, 0.4) is 0 Å². The summed E-state index contributed by atoms with van der Waals surface area (Å²) in [6.07, 6.45) is -0.587. The number of hydrogen-bond donors (Lipinski definition) is 1. The number of ether oxygens (including phenoxy) is 2. The standard InChI is InChI=1S/C11H10BrF2NO3/c1-11(2)6-3-5(17-9(13)14)4-7(12)8(6)15-10(16)18-11/h3-4,9H,1-2H3,(H,15,16). The molecule has 0 spiro atoms. The van der Waals surface area contributed by atoms with Crippen molar-refractivity contribution >= 4 is 27.7 Å². The number of benzene rings is 1. The fourth-order valence-electron chi connectivity index (χ4n) is 1.77. The zero-order valence-corrected chi connectivity index (χ0v) is 11.2. The molecule has 7 heteroatoms. The summed E-state index contributed by atoms with van der Waals surface area (Å²) in [6.45, 7) is 0.434. The number of halogens is 3. The molecule has 1 amide bonds. The molecular formula is C11H10BrF2NO3. The summed E-state index contributed by atoms with van der Waals surface area (Å²) in [4.78, 5) is 11.4. The van der Waals surface area contributed by atoms with Crippen LogP contribution in [0.5, 0.6) is 5.75 Å². The quantitative estimate of drug-likeness (QED) is 0.900. The molecule has 0 unspecified atom stereocenters. The van der Waals surface area contributed by atoms with E-state index in [1.807, 2.05) is 0 Å². The first-order valence-electron chi connectivity index (χ1n) is 5.08. The van der Waals surface area contributed by atoms with Crippen molar-refractivity contribution in [3.63, 3.8) is 0 Å². The molecule has 0 saturated carbocycles. The number of alkyl halides is 2. The van der Waals surface area contributed by atoms with Crippen LogP contribution in [0.1, 0.15) is 19.4 Å². The third-order valence-corrected chi connectivity index (χ3v) is 3.14. The van der Waals surface area contributed by atoms with E-state index < -0.39 is 18.3 Å². The molecule has 18 heavy (non-hydrogen) atoms. The lowest BCUT2D eigenvalue weighted by Gasteiger charge is -2.33. The van der Waals surface area contributed by atoms with Crippen LogP contribution in [0.4, 0.5) is 19.3 Å². The van der Waals surface area contributed by atoms with Gasteiger partial charge in [0.15, 0.2) is 0 Å². The first-order chi connectivity index (χ1) is 8.29. The van der Waals surface area contributed by atoms with Crippen molar-refractivity contribution in [2.45, 2.75) is 26.1 Å². The van der Waals surface area contributed by atoms with Crippen molar-refractivity contribution in [1.29, 1.82) is 0 Å². The van der Waals surface area contributed by atoms with Crippen LogP contribution in [0.2, 0.25) is 0 Å². The minimum absolute atomic E-state index is 0.00319. The molecule has 0 fully saturated rings. The Morgan fingerprint density at radius 1 is 1.44 bits per heavy atom. The molecule has 0 aromatic heterocycles. The van der Waals surface area contributed by atoms with Crippen molar-refractivity contribution < 1.29 is 23.0 Å². The lowest BCUT2D eigenvalue weighted by molar-refractivity contribution is -0.0502. The smallest absolute Gasteiger partial charge is 0.412 e. The topological polar surface area (TPSA) is 47.6 Å². The third kappa shape index (κ3) is 2.40. The SMILES string of the molecule is CC1(C)OC(=O)Nc2c(Br)cc(OC(F)F)cc21. The molecule has 1 N–H and O–H groups in total. The number of rotatable bonds is 2. The fraction of sp³-hybridized carbons (Fsp3) is 0.364. The maximum absolute atomic E-state index is 12.2. The molecular weight excluding hydrogens is 312 g/mol. The molecule has 1 aromatic carbocycles. The summed E-state index contributed by atoms with van der Waals surface area (Å²) in [5.41, 5.74) is 0.145. The first-order valence-corrected chi connectivity index (χ1v) is 5.88. The molecule has 4 nitrogen and oxygen atoms in total. The summed E-state index contributed by atoms with van der Waals surface area (Å²) in [5, 5.41) is 2.51. The van der Waals surface area contributed by atoms with Crippen molar-refractivity contribution in [1.82, 2.24) is 0 Å². The highest BCUT2D eigenvalue weighted by molar-refractivity contribution is 9.10. The lowest BCUT2D eigenvalue weighted by Crippen LogP contribution is -2.35. The second-order valence-corrected chi connectivity index (χ2v) is 5.09. The molecule has 98 valence electrons. The van der Waals surface area contributed by atoms with Crippen LogP contribution in [-0.4, -0.2) is 12.7 Å². The van der Waals surface area contributed by atoms with Gasteiger partial charge >= 0.3 is 12.7 Å². The first kappa shape index (κ1) is 13.1. The largest absolute Gasteiger partial charge is 0.438 e. The highest BCUT2D eigenvalue weighted by Crippen LogP contribution is 2.42. The van der Waals surface area contributed by atoms with Gasteiger partial charge < -0.3 is 9.47 Å². The van der Waals surface area contributed by atoms with Crippen LogP contribution < -0.4 is 10.1 Å². The average molecular weight is 322 g/mol. The number of cyclic esters (lactones) is 1. The molecule has 0 atom stereocenters. The van der Waals surface area contributed by atoms with E-state index in [9.17, 15) is 13.6 Å². The highest BCUT2D eigenvalue weighted by Gasteiger charge is 2.35.